The van der Waals surface area contributed by atoms with E-state index in [4.69, 9.17) is 9.47 Å². The Balaban J connectivity index is 3.28. The molecule has 0 rings (SSSR count). The van der Waals surface area contributed by atoms with E-state index in [1.54, 1.807) is 14.0 Å². The first-order chi connectivity index (χ1) is 14.1. The minimum absolute atomic E-state index is 0.00893. The molecular weight excluding hydrogens is 360 g/mol. The van der Waals surface area contributed by atoms with E-state index in [9.17, 15) is 4.79 Å². The summed E-state index contributed by atoms with van der Waals surface area (Å²) in [5.74, 6) is -0.325. The predicted molar refractivity (Wildman–Crippen MR) is 125 cm³/mol. The molecule has 0 aliphatic rings. The van der Waals surface area contributed by atoms with Crippen molar-refractivity contribution in [2.24, 2.45) is 0 Å². The van der Waals surface area contributed by atoms with Crippen LogP contribution in [-0.2, 0) is 14.3 Å². The standard InChI is InChI=1S/C26H50O3/c1-5-6-7-8-9-10-11-12-13-14-15-16-17-18-19-20-21-22-25(28-4)23-29-26(27)24(2)3/h25H,2,5-23H2,1,3-4H3. The van der Waals surface area contributed by atoms with Crippen molar-refractivity contribution in [2.45, 2.75) is 136 Å². The van der Waals surface area contributed by atoms with Gasteiger partial charge in [-0.3, -0.25) is 0 Å². The number of unbranched alkanes of at least 4 members (excludes halogenated alkanes) is 16. The lowest BCUT2D eigenvalue weighted by Crippen LogP contribution is -2.21. The maximum Gasteiger partial charge on any atom is 0.333 e. The van der Waals surface area contributed by atoms with Crippen LogP contribution in [-0.4, -0.2) is 25.8 Å². The molecule has 0 N–H and O–H groups in total. The second-order valence-electron chi connectivity index (χ2n) is 8.68. The Morgan fingerprint density at radius 2 is 1.10 bits per heavy atom. The van der Waals surface area contributed by atoms with Crippen LogP contribution in [0, 0.1) is 0 Å². The van der Waals surface area contributed by atoms with E-state index in [2.05, 4.69) is 13.5 Å². The van der Waals surface area contributed by atoms with Crippen molar-refractivity contribution in [1.29, 1.82) is 0 Å². The van der Waals surface area contributed by atoms with E-state index < -0.39 is 0 Å². The van der Waals surface area contributed by atoms with Gasteiger partial charge in [0.1, 0.15) is 6.61 Å². The Labute approximate surface area is 182 Å². The maximum absolute atomic E-state index is 11.4. The Morgan fingerprint density at radius 3 is 1.45 bits per heavy atom. The minimum atomic E-state index is -0.325. The lowest BCUT2D eigenvalue weighted by molar-refractivity contribution is -0.142. The lowest BCUT2D eigenvalue weighted by atomic mass is 10.0. The largest absolute Gasteiger partial charge is 0.460 e. The molecule has 0 spiro atoms. The third kappa shape index (κ3) is 20.2. The van der Waals surface area contributed by atoms with E-state index in [0.717, 1.165) is 12.8 Å². The highest BCUT2D eigenvalue weighted by molar-refractivity contribution is 5.86. The fourth-order valence-corrected chi connectivity index (χ4v) is 3.66. The summed E-state index contributed by atoms with van der Waals surface area (Å²) in [7, 11) is 1.69. The monoisotopic (exact) mass is 410 g/mol. The number of hydrogen-bond donors (Lipinski definition) is 0. The molecule has 1 unspecified atom stereocenters. The first-order valence-corrected chi connectivity index (χ1v) is 12.5. The van der Waals surface area contributed by atoms with Crippen LogP contribution in [0.1, 0.15) is 129 Å². The van der Waals surface area contributed by atoms with Crippen molar-refractivity contribution in [3.63, 3.8) is 0 Å². The molecule has 0 amide bonds. The van der Waals surface area contributed by atoms with Crippen LogP contribution in [0.15, 0.2) is 12.2 Å². The number of rotatable bonds is 22. The fourth-order valence-electron chi connectivity index (χ4n) is 3.66. The summed E-state index contributed by atoms with van der Waals surface area (Å²) in [5.41, 5.74) is 0.442. The number of methoxy groups -OCH3 is 1. The zero-order valence-electron chi connectivity index (χ0n) is 19.9. The SMILES string of the molecule is C=C(C)C(=O)OCC(CCCCCCCCCCCCCCCCCCC)OC. The molecular formula is C26H50O3. The molecule has 0 bridgehead atoms. The lowest BCUT2D eigenvalue weighted by Gasteiger charge is -2.15. The zero-order chi connectivity index (χ0) is 21.6. The van der Waals surface area contributed by atoms with Gasteiger partial charge in [0.15, 0.2) is 0 Å². The summed E-state index contributed by atoms with van der Waals surface area (Å²) in [6, 6.07) is 0. The van der Waals surface area contributed by atoms with E-state index in [0.29, 0.717) is 12.2 Å². The second-order valence-corrected chi connectivity index (χ2v) is 8.68. The van der Waals surface area contributed by atoms with Crippen LogP contribution in [0.5, 0.6) is 0 Å². The van der Waals surface area contributed by atoms with Gasteiger partial charge in [0.2, 0.25) is 0 Å². The third-order valence-corrected chi connectivity index (χ3v) is 5.71. The van der Waals surface area contributed by atoms with Crippen molar-refractivity contribution in [1.82, 2.24) is 0 Å². The highest BCUT2D eigenvalue weighted by Crippen LogP contribution is 2.15. The molecule has 0 aliphatic heterocycles. The Bertz CT molecular complexity index is 378. The van der Waals surface area contributed by atoms with Gasteiger partial charge in [-0.05, 0) is 13.3 Å². The molecule has 172 valence electrons. The smallest absolute Gasteiger partial charge is 0.333 e. The van der Waals surface area contributed by atoms with E-state index in [-0.39, 0.29) is 12.1 Å². The molecule has 0 fully saturated rings. The molecule has 0 saturated heterocycles. The first kappa shape index (κ1) is 28.2. The van der Waals surface area contributed by atoms with Gasteiger partial charge in [-0.1, -0.05) is 123 Å². The number of hydrogen-bond acceptors (Lipinski definition) is 3. The van der Waals surface area contributed by atoms with Crippen LogP contribution in [0.2, 0.25) is 0 Å². The van der Waals surface area contributed by atoms with Crippen molar-refractivity contribution in [3.05, 3.63) is 12.2 Å². The number of carbonyl (C=O) groups is 1. The quantitative estimate of drug-likeness (QED) is 0.103. The van der Waals surface area contributed by atoms with Gasteiger partial charge in [-0.15, -0.1) is 0 Å². The zero-order valence-corrected chi connectivity index (χ0v) is 19.9. The Hall–Kier alpha value is -0.830. The van der Waals surface area contributed by atoms with E-state index >= 15 is 0 Å². The van der Waals surface area contributed by atoms with Gasteiger partial charge in [0.05, 0.1) is 6.10 Å². The summed E-state index contributed by atoms with van der Waals surface area (Å²) in [4.78, 5) is 11.4. The average Bonchev–Trinajstić information content (AvgIpc) is 2.72. The number of esters is 1. The van der Waals surface area contributed by atoms with Crippen LogP contribution < -0.4 is 0 Å². The highest BCUT2D eigenvalue weighted by Gasteiger charge is 2.11. The molecule has 0 aromatic heterocycles. The molecule has 0 saturated carbocycles. The summed E-state index contributed by atoms with van der Waals surface area (Å²) in [6.45, 7) is 7.88. The van der Waals surface area contributed by atoms with Gasteiger partial charge >= 0.3 is 5.97 Å². The minimum Gasteiger partial charge on any atom is -0.460 e. The van der Waals surface area contributed by atoms with Crippen molar-refractivity contribution in [2.75, 3.05) is 13.7 Å². The van der Waals surface area contributed by atoms with Gasteiger partial charge in [-0.25, -0.2) is 4.79 Å². The Morgan fingerprint density at radius 1 is 0.724 bits per heavy atom. The molecule has 1 atom stereocenters. The normalized spacial score (nSPS) is 12.1. The molecule has 0 heterocycles. The summed E-state index contributed by atoms with van der Waals surface area (Å²) >= 11 is 0. The Kier molecular flexibility index (Phi) is 21.2. The maximum atomic E-state index is 11.4. The molecule has 3 nitrogen and oxygen atoms in total. The van der Waals surface area contributed by atoms with Crippen molar-refractivity contribution < 1.29 is 14.3 Å². The molecule has 0 radical (unpaired) electrons. The summed E-state index contributed by atoms with van der Waals surface area (Å²) in [6.07, 6.45) is 24.5. The van der Waals surface area contributed by atoms with Gasteiger partial charge in [0.25, 0.3) is 0 Å². The summed E-state index contributed by atoms with van der Waals surface area (Å²) < 4.78 is 10.6. The van der Waals surface area contributed by atoms with Crippen LogP contribution in [0.4, 0.5) is 0 Å². The number of carbonyl (C=O) groups excluding carboxylic acids is 1. The predicted octanol–water partition coefficient (Wildman–Crippen LogP) is 8.16. The van der Waals surface area contributed by atoms with E-state index in [1.165, 1.54) is 103 Å². The van der Waals surface area contributed by atoms with Gasteiger partial charge < -0.3 is 9.47 Å². The van der Waals surface area contributed by atoms with Crippen LogP contribution in [0.3, 0.4) is 0 Å². The molecule has 0 aromatic carbocycles. The number of ether oxygens (including phenoxy) is 2. The second kappa shape index (κ2) is 21.9. The highest BCUT2D eigenvalue weighted by atomic mass is 16.6. The molecule has 0 aromatic rings. The average molecular weight is 411 g/mol. The fraction of sp³-hybridized carbons (Fsp3) is 0.885. The first-order valence-electron chi connectivity index (χ1n) is 12.5. The van der Waals surface area contributed by atoms with Crippen molar-refractivity contribution in [3.8, 4) is 0 Å². The topological polar surface area (TPSA) is 35.5 Å². The summed E-state index contributed by atoms with van der Waals surface area (Å²) in [5, 5.41) is 0. The van der Waals surface area contributed by atoms with Crippen LogP contribution >= 0.6 is 0 Å². The van der Waals surface area contributed by atoms with E-state index in [1.807, 2.05) is 0 Å². The molecule has 3 heteroatoms. The van der Waals surface area contributed by atoms with Crippen LogP contribution in [0.25, 0.3) is 0 Å². The molecule has 0 aliphatic carbocycles. The molecule has 29 heavy (non-hydrogen) atoms. The van der Waals surface area contributed by atoms with Gasteiger partial charge in [0, 0.05) is 12.7 Å². The third-order valence-electron chi connectivity index (χ3n) is 5.71. The van der Waals surface area contributed by atoms with Gasteiger partial charge in [-0.2, -0.15) is 0 Å². The van der Waals surface area contributed by atoms with Crippen molar-refractivity contribution >= 4 is 5.97 Å².